The van der Waals surface area contributed by atoms with E-state index < -0.39 is 10.8 Å². The summed E-state index contributed by atoms with van der Waals surface area (Å²) in [4.78, 5) is 0.986. The smallest absolute Gasteiger partial charge is 0.0576 e. The Morgan fingerprint density at radius 1 is 1.20 bits per heavy atom. The van der Waals surface area contributed by atoms with Crippen LogP contribution in [0.4, 0.5) is 0 Å². The second-order valence-electron chi connectivity index (χ2n) is 5.90. The topological polar surface area (TPSA) is 29.1 Å². The summed E-state index contributed by atoms with van der Waals surface area (Å²) in [6.07, 6.45) is 4.74. The maximum Gasteiger partial charge on any atom is 0.0576 e. The third-order valence-electron chi connectivity index (χ3n) is 4.47. The van der Waals surface area contributed by atoms with Crippen molar-refractivity contribution < 1.29 is 4.21 Å². The Bertz CT molecular complexity index is 443. The molecular weight excluding hydrogens is 266 g/mol. The Labute approximate surface area is 125 Å². The first-order valence-corrected chi connectivity index (χ1v) is 9.07. The van der Waals surface area contributed by atoms with Crippen molar-refractivity contribution in [1.82, 2.24) is 5.32 Å². The molecule has 0 amide bonds. The molecule has 2 rings (SSSR count). The normalized spacial score (nSPS) is 28.2. The van der Waals surface area contributed by atoms with Crippen molar-refractivity contribution in [3.05, 3.63) is 29.8 Å². The highest BCUT2D eigenvalue weighted by molar-refractivity contribution is 7.85. The third kappa shape index (κ3) is 3.70. The zero-order valence-corrected chi connectivity index (χ0v) is 13.7. The number of benzene rings is 1. The van der Waals surface area contributed by atoms with Crippen molar-refractivity contribution in [2.45, 2.75) is 62.6 Å². The average Bonchev–Trinajstić information content (AvgIpc) is 2.48. The molecule has 4 unspecified atom stereocenters. The van der Waals surface area contributed by atoms with Crippen LogP contribution in [-0.4, -0.2) is 22.0 Å². The van der Waals surface area contributed by atoms with Gasteiger partial charge in [-0.1, -0.05) is 38.0 Å². The highest BCUT2D eigenvalue weighted by atomic mass is 32.2. The SMILES string of the molecule is CCNC1CCC(CC)CC1S(=O)c1ccc(C)cc1. The lowest BCUT2D eigenvalue weighted by Crippen LogP contribution is -2.46. The van der Waals surface area contributed by atoms with Gasteiger partial charge in [0.2, 0.25) is 0 Å². The molecule has 3 heteroatoms. The van der Waals surface area contributed by atoms with E-state index in [0.717, 1.165) is 30.2 Å². The molecule has 1 aromatic carbocycles. The van der Waals surface area contributed by atoms with Gasteiger partial charge in [-0.15, -0.1) is 0 Å². The Morgan fingerprint density at radius 2 is 1.90 bits per heavy atom. The van der Waals surface area contributed by atoms with Crippen LogP contribution < -0.4 is 5.32 Å². The van der Waals surface area contributed by atoms with Gasteiger partial charge in [0.15, 0.2) is 0 Å². The van der Waals surface area contributed by atoms with Crippen molar-refractivity contribution in [2.75, 3.05) is 6.54 Å². The molecule has 1 saturated carbocycles. The lowest BCUT2D eigenvalue weighted by molar-refractivity contribution is 0.294. The van der Waals surface area contributed by atoms with Crippen LogP contribution >= 0.6 is 0 Å². The van der Waals surface area contributed by atoms with Crippen LogP contribution in [0, 0.1) is 12.8 Å². The van der Waals surface area contributed by atoms with Gasteiger partial charge in [0.25, 0.3) is 0 Å². The molecule has 1 N–H and O–H groups in total. The Kier molecular flexibility index (Phi) is 5.79. The van der Waals surface area contributed by atoms with E-state index in [1.54, 1.807) is 0 Å². The number of aryl methyl sites for hydroxylation is 1. The number of hydrogen-bond donors (Lipinski definition) is 1. The van der Waals surface area contributed by atoms with Gasteiger partial charge in [-0.2, -0.15) is 0 Å². The first-order valence-electron chi connectivity index (χ1n) is 7.86. The molecule has 0 bridgehead atoms. The van der Waals surface area contributed by atoms with E-state index >= 15 is 0 Å². The fraction of sp³-hybridized carbons (Fsp3) is 0.647. The number of nitrogens with one attached hydrogen (secondary N) is 1. The zero-order valence-electron chi connectivity index (χ0n) is 12.9. The standard InChI is InChI=1S/C17H27NOS/c1-4-14-8-11-16(18-5-2)17(12-14)20(19)15-9-6-13(3)7-10-15/h6-7,9-10,14,16-18H,4-5,8,11-12H2,1-3H3. The molecule has 1 aliphatic rings. The molecule has 1 fully saturated rings. The largest absolute Gasteiger partial charge is 0.313 e. The maximum atomic E-state index is 12.9. The predicted molar refractivity (Wildman–Crippen MR) is 86.5 cm³/mol. The second-order valence-corrected chi connectivity index (χ2v) is 7.57. The second kappa shape index (κ2) is 7.37. The van der Waals surface area contributed by atoms with E-state index in [1.165, 1.54) is 18.4 Å². The van der Waals surface area contributed by atoms with Crippen molar-refractivity contribution in [2.24, 2.45) is 5.92 Å². The van der Waals surface area contributed by atoms with E-state index in [1.807, 2.05) is 12.1 Å². The van der Waals surface area contributed by atoms with Crippen LogP contribution in [0.1, 0.15) is 45.1 Å². The third-order valence-corrected chi connectivity index (χ3v) is 6.28. The summed E-state index contributed by atoms with van der Waals surface area (Å²) in [6, 6.07) is 8.60. The molecule has 0 heterocycles. The predicted octanol–water partition coefficient (Wildman–Crippen LogP) is 3.66. The fourth-order valence-corrected chi connectivity index (χ4v) is 4.89. The monoisotopic (exact) mass is 293 g/mol. The molecule has 0 spiro atoms. The Balaban J connectivity index is 2.16. The summed E-state index contributed by atoms with van der Waals surface area (Å²) >= 11 is 0. The summed E-state index contributed by atoms with van der Waals surface area (Å²) in [5, 5.41) is 3.81. The lowest BCUT2D eigenvalue weighted by atomic mass is 9.84. The average molecular weight is 293 g/mol. The zero-order chi connectivity index (χ0) is 14.5. The van der Waals surface area contributed by atoms with Gasteiger partial charge >= 0.3 is 0 Å². The van der Waals surface area contributed by atoms with Crippen LogP contribution in [0.5, 0.6) is 0 Å². The summed E-state index contributed by atoms with van der Waals surface area (Å²) in [5.41, 5.74) is 1.23. The summed E-state index contributed by atoms with van der Waals surface area (Å²) < 4.78 is 12.9. The maximum absolute atomic E-state index is 12.9. The van der Waals surface area contributed by atoms with Gasteiger partial charge in [0.1, 0.15) is 0 Å². The minimum absolute atomic E-state index is 0.261. The van der Waals surface area contributed by atoms with E-state index in [-0.39, 0.29) is 5.25 Å². The van der Waals surface area contributed by atoms with E-state index in [2.05, 4.69) is 38.2 Å². The minimum atomic E-state index is -0.894. The lowest BCUT2D eigenvalue weighted by Gasteiger charge is -2.35. The van der Waals surface area contributed by atoms with Crippen LogP contribution in [-0.2, 0) is 10.8 Å². The molecule has 2 nitrogen and oxygen atoms in total. The first kappa shape index (κ1) is 15.7. The van der Waals surface area contributed by atoms with Crippen LogP contribution in [0.2, 0.25) is 0 Å². The van der Waals surface area contributed by atoms with Gasteiger partial charge < -0.3 is 5.32 Å². The number of rotatable bonds is 5. The van der Waals surface area contributed by atoms with Crippen molar-refractivity contribution >= 4 is 10.8 Å². The Morgan fingerprint density at radius 3 is 2.50 bits per heavy atom. The molecule has 0 saturated heterocycles. The van der Waals surface area contributed by atoms with Gasteiger partial charge in [-0.25, -0.2) is 0 Å². The van der Waals surface area contributed by atoms with Crippen LogP contribution in [0.3, 0.4) is 0 Å². The number of hydrogen-bond acceptors (Lipinski definition) is 2. The molecule has 20 heavy (non-hydrogen) atoms. The summed E-state index contributed by atoms with van der Waals surface area (Å²) in [5.74, 6) is 0.740. The fourth-order valence-electron chi connectivity index (χ4n) is 3.16. The first-order chi connectivity index (χ1) is 9.65. The van der Waals surface area contributed by atoms with E-state index in [0.29, 0.717) is 6.04 Å². The quantitative estimate of drug-likeness (QED) is 0.897. The van der Waals surface area contributed by atoms with Gasteiger partial charge in [0.05, 0.1) is 16.0 Å². The van der Waals surface area contributed by atoms with Crippen LogP contribution in [0.15, 0.2) is 29.2 Å². The molecule has 0 radical (unpaired) electrons. The molecular formula is C17H27NOS. The summed E-state index contributed by atoms with van der Waals surface area (Å²) in [6.45, 7) is 7.42. The molecule has 4 atom stereocenters. The highest BCUT2D eigenvalue weighted by Crippen LogP contribution is 2.32. The highest BCUT2D eigenvalue weighted by Gasteiger charge is 2.33. The molecule has 0 aromatic heterocycles. The Hall–Kier alpha value is -0.670. The van der Waals surface area contributed by atoms with Crippen molar-refractivity contribution in [3.63, 3.8) is 0 Å². The van der Waals surface area contributed by atoms with E-state index in [9.17, 15) is 4.21 Å². The molecule has 0 aliphatic heterocycles. The summed E-state index contributed by atoms with van der Waals surface area (Å²) in [7, 11) is -0.894. The van der Waals surface area contributed by atoms with Crippen LogP contribution in [0.25, 0.3) is 0 Å². The molecule has 112 valence electrons. The van der Waals surface area contributed by atoms with Gasteiger partial charge in [0, 0.05) is 10.9 Å². The molecule has 1 aromatic rings. The van der Waals surface area contributed by atoms with Gasteiger partial charge in [-0.05, 0) is 50.8 Å². The molecule has 1 aliphatic carbocycles. The van der Waals surface area contributed by atoms with E-state index in [4.69, 9.17) is 0 Å². The van der Waals surface area contributed by atoms with Crippen molar-refractivity contribution in [1.29, 1.82) is 0 Å². The van der Waals surface area contributed by atoms with Crippen molar-refractivity contribution in [3.8, 4) is 0 Å². The minimum Gasteiger partial charge on any atom is -0.313 e. The van der Waals surface area contributed by atoms with Gasteiger partial charge in [-0.3, -0.25) is 4.21 Å².